The van der Waals surface area contributed by atoms with Gasteiger partial charge in [-0.1, -0.05) is 48.5 Å². The Hall–Kier alpha value is -2.15. The van der Waals surface area contributed by atoms with Gasteiger partial charge in [-0.3, -0.25) is 4.90 Å². The molecule has 108 valence electrons. The molecule has 2 aromatic carbocycles. The van der Waals surface area contributed by atoms with Crippen LogP contribution in [0.4, 0.5) is 0 Å². The van der Waals surface area contributed by atoms with Crippen molar-refractivity contribution in [1.29, 1.82) is 5.26 Å². The lowest BCUT2D eigenvalue weighted by molar-refractivity contribution is 0.255. The molecular weight excluding hydrogens is 258 g/mol. The Kier molecular flexibility index (Phi) is 5.96. The molecule has 2 aromatic rings. The van der Waals surface area contributed by atoms with Crippen LogP contribution in [0.25, 0.3) is 0 Å². The predicted octanol–water partition coefficient (Wildman–Crippen LogP) is 2.91. The number of benzene rings is 2. The second-order valence-corrected chi connectivity index (χ2v) is 5.11. The Balaban J connectivity index is 2.11. The molecule has 3 nitrogen and oxygen atoms in total. The van der Waals surface area contributed by atoms with E-state index in [2.05, 4.69) is 35.2 Å². The van der Waals surface area contributed by atoms with Gasteiger partial charge in [-0.25, -0.2) is 0 Å². The Morgan fingerprint density at radius 2 is 1.67 bits per heavy atom. The summed E-state index contributed by atoms with van der Waals surface area (Å²) in [4.78, 5) is 2.35. The molecule has 0 aliphatic rings. The molecular formula is C18H21N3. The normalized spacial score (nSPS) is 10.5. The molecule has 21 heavy (non-hydrogen) atoms. The number of nitrogens with zero attached hydrogens (tertiary/aromatic N) is 2. The molecule has 0 fully saturated rings. The highest BCUT2D eigenvalue weighted by molar-refractivity contribution is 5.37. The van der Waals surface area contributed by atoms with Gasteiger partial charge in [0.05, 0.1) is 11.6 Å². The van der Waals surface area contributed by atoms with Crippen LogP contribution in [0.15, 0.2) is 54.6 Å². The second-order valence-electron chi connectivity index (χ2n) is 5.11. The van der Waals surface area contributed by atoms with E-state index in [-0.39, 0.29) is 0 Å². The summed E-state index contributed by atoms with van der Waals surface area (Å²) in [6, 6.07) is 20.5. The van der Waals surface area contributed by atoms with E-state index >= 15 is 0 Å². The summed E-state index contributed by atoms with van der Waals surface area (Å²) < 4.78 is 0. The zero-order chi connectivity index (χ0) is 14.9. The molecule has 0 atom stereocenters. The molecule has 0 saturated heterocycles. The van der Waals surface area contributed by atoms with Gasteiger partial charge >= 0.3 is 0 Å². The van der Waals surface area contributed by atoms with Crippen molar-refractivity contribution >= 4 is 0 Å². The Labute approximate surface area is 126 Å². The first-order valence-electron chi connectivity index (χ1n) is 7.28. The number of nitrogens with two attached hydrogens (primary N) is 1. The fourth-order valence-corrected chi connectivity index (χ4v) is 2.38. The minimum absolute atomic E-state index is 0.686. The van der Waals surface area contributed by atoms with Crippen molar-refractivity contribution in [2.45, 2.75) is 19.5 Å². The molecule has 0 unspecified atom stereocenters. The van der Waals surface area contributed by atoms with E-state index < -0.39 is 0 Å². The summed E-state index contributed by atoms with van der Waals surface area (Å²) in [5, 5.41) is 9.21. The van der Waals surface area contributed by atoms with Crippen LogP contribution in [-0.2, 0) is 13.1 Å². The summed E-state index contributed by atoms with van der Waals surface area (Å²) in [7, 11) is 0. The summed E-state index contributed by atoms with van der Waals surface area (Å²) in [6.07, 6.45) is 0.960. The highest BCUT2D eigenvalue weighted by Crippen LogP contribution is 2.13. The molecule has 2 N–H and O–H groups in total. The quantitative estimate of drug-likeness (QED) is 0.848. The van der Waals surface area contributed by atoms with E-state index in [1.807, 2.05) is 30.3 Å². The van der Waals surface area contributed by atoms with Crippen molar-refractivity contribution in [3.05, 3.63) is 71.3 Å². The highest BCUT2D eigenvalue weighted by atomic mass is 15.1. The number of nitriles is 1. The van der Waals surface area contributed by atoms with Gasteiger partial charge in [0.1, 0.15) is 0 Å². The first-order valence-corrected chi connectivity index (χ1v) is 7.28. The predicted molar refractivity (Wildman–Crippen MR) is 85.4 cm³/mol. The molecule has 0 aliphatic heterocycles. The third kappa shape index (κ3) is 4.71. The molecule has 0 radical (unpaired) electrons. The Morgan fingerprint density at radius 3 is 2.38 bits per heavy atom. The van der Waals surface area contributed by atoms with E-state index in [0.29, 0.717) is 6.54 Å². The first kappa shape index (κ1) is 15.2. The van der Waals surface area contributed by atoms with Crippen LogP contribution in [-0.4, -0.2) is 18.0 Å². The van der Waals surface area contributed by atoms with Gasteiger partial charge in [0, 0.05) is 19.6 Å². The second kappa shape index (κ2) is 8.21. The maximum absolute atomic E-state index is 9.21. The summed E-state index contributed by atoms with van der Waals surface area (Å²) in [5.41, 5.74) is 8.75. The van der Waals surface area contributed by atoms with Gasteiger partial charge in [-0.15, -0.1) is 0 Å². The van der Waals surface area contributed by atoms with Crippen molar-refractivity contribution in [1.82, 2.24) is 4.90 Å². The maximum Gasteiger partial charge on any atom is 0.0995 e. The van der Waals surface area contributed by atoms with Crippen molar-refractivity contribution < 1.29 is 0 Å². The topological polar surface area (TPSA) is 53.0 Å². The Morgan fingerprint density at radius 1 is 0.952 bits per heavy atom. The van der Waals surface area contributed by atoms with E-state index in [1.54, 1.807) is 0 Å². The summed E-state index contributed by atoms with van der Waals surface area (Å²) in [6.45, 7) is 3.27. The van der Waals surface area contributed by atoms with Gasteiger partial charge in [-0.2, -0.15) is 5.26 Å². The van der Waals surface area contributed by atoms with Crippen LogP contribution in [0.1, 0.15) is 23.1 Å². The number of hydrogen-bond donors (Lipinski definition) is 1. The van der Waals surface area contributed by atoms with Gasteiger partial charge in [-0.05, 0) is 30.2 Å². The zero-order valence-electron chi connectivity index (χ0n) is 12.2. The van der Waals surface area contributed by atoms with Crippen LogP contribution >= 0.6 is 0 Å². The lowest BCUT2D eigenvalue weighted by atomic mass is 10.1. The standard InChI is InChI=1S/C18H21N3/c19-11-6-12-21(14-16-7-2-1-3-8-16)15-18-10-5-4-9-17(18)13-20/h1-5,7-10H,6,11-12,14-15,19H2. The number of hydrogen-bond acceptors (Lipinski definition) is 3. The van der Waals surface area contributed by atoms with Gasteiger partial charge in [0.25, 0.3) is 0 Å². The van der Waals surface area contributed by atoms with E-state index in [4.69, 9.17) is 5.73 Å². The van der Waals surface area contributed by atoms with Crippen LogP contribution in [0.3, 0.4) is 0 Å². The smallest absolute Gasteiger partial charge is 0.0995 e. The average molecular weight is 279 g/mol. The zero-order valence-corrected chi connectivity index (χ0v) is 12.2. The number of rotatable bonds is 7. The highest BCUT2D eigenvalue weighted by Gasteiger charge is 2.09. The molecule has 0 bridgehead atoms. The fraction of sp³-hybridized carbons (Fsp3) is 0.278. The third-order valence-corrected chi connectivity index (χ3v) is 3.46. The summed E-state index contributed by atoms with van der Waals surface area (Å²) in [5.74, 6) is 0. The monoisotopic (exact) mass is 279 g/mol. The lowest BCUT2D eigenvalue weighted by Gasteiger charge is -2.23. The fourth-order valence-electron chi connectivity index (χ4n) is 2.38. The van der Waals surface area contributed by atoms with E-state index in [9.17, 15) is 5.26 Å². The summed E-state index contributed by atoms with van der Waals surface area (Å²) >= 11 is 0. The molecule has 0 aromatic heterocycles. The molecule has 0 aliphatic carbocycles. The molecule has 0 heterocycles. The first-order chi connectivity index (χ1) is 10.3. The molecule has 0 spiro atoms. The van der Waals surface area contributed by atoms with Crippen molar-refractivity contribution in [2.75, 3.05) is 13.1 Å². The molecule has 0 amide bonds. The van der Waals surface area contributed by atoms with E-state index in [1.165, 1.54) is 5.56 Å². The van der Waals surface area contributed by atoms with Crippen molar-refractivity contribution in [3.8, 4) is 6.07 Å². The van der Waals surface area contributed by atoms with Crippen LogP contribution in [0.5, 0.6) is 0 Å². The van der Waals surface area contributed by atoms with E-state index in [0.717, 1.165) is 37.2 Å². The minimum Gasteiger partial charge on any atom is -0.330 e. The SMILES string of the molecule is N#Cc1ccccc1CN(CCCN)Cc1ccccc1. The largest absolute Gasteiger partial charge is 0.330 e. The Bertz CT molecular complexity index is 587. The van der Waals surface area contributed by atoms with Gasteiger partial charge in [0.2, 0.25) is 0 Å². The maximum atomic E-state index is 9.21. The third-order valence-electron chi connectivity index (χ3n) is 3.46. The minimum atomic E-state index is 0.686. The molecule has 3 heteroatoms. The van der Waals surface area contributed by atoms with Crippen LogP contribution in [0.2, 0.25) is 0 Å². The van der Waals surface area contributed by atoms with Crippen LogP contribution < -0.4 is 5.73 Å². The van der Waals surface area contributed by atoms with Gasteiger partial charge < -0.3 is 5.73 Å². The van der Waals surface area contributed by atoms with Crippen molar-refractivity contribution in [3.63, 3.8) is 0 Å². The van der Waals surface area contributed by atoms with Gasteiger partial charge in [0.15, 0.2) is 0 Å². The molecule has 2 rings (SSSR count). The average Bonchev–Trinajstić information content (AvgIpc) is 2.54. The van der Waals surface area contributed by atoms with Crippen LogP contribution in [0, 0.1) is 11.3 Å². The lowest BCUT2D eigenvalue weighted by Crippen LogP contribution is -2.26. The molecule has 0 saturated carbocycles. The van der Waals surface area contributed by atoms with Crippen molar-refractivity contribution in [2.24, 2.45) is 5.73 Å².